The Kier molecular flexibility index (Phi) is 4.02. The molecule has 5 heteroatoms. The first kappa shape index (κ1) is 12.7. The topological polar surface area (TPSA) is 57.4 Å². The number of hydrogen-bond donors (Lipinski definition) is 1. The number of ether oxygens (including phenoxy) is 2. The number of nitrogens with two attached hydrogens (primary N) is 1. The van der Waals surface area contributed by atoms with E-state index >= 15 is 0 Å². The molecule has 2 aromatic rings. The molecule has 0 aliphatic carbocycles. The monoisotopic (exact) mass is 264 g/mol. The van der Waals surface area contributed by atoms with E-state index in [2.05, 4.69) is 4.98 Å². The number of methoxy groups -OCH3 is 1. The maximum absolute atomic E-state index is 6.07. The Labute approximate surface area is 110 Å². The van der Waals surface area contributed by atoms with Gasteiger partial charge in [0.05, 0.1) is 24.0 Å². The van der Waals surface area contributed by atoms with Gasteiger partial charge in [0.2, 0.25) is 0 Å². The van der Waals surface area contributed by atoms with Gasteiger partial charge in [0.15, 0.2) is 0 Å². The second-order valence-corrected chi connectivity index (χ2v) is 3.99. The van der Waals surface area contributed by atoms with Crippen molar-refractivity contribution in [3.63, 3.8) is 0 Å². The van der Waals surface area contributed by atoms with Gasteiger partial charge in [-0.05, 0) is 24.3 Å². The molecule has 0 fully saturated rings. The highest BCUT2D eigenvalue weighted by atomic mass is 35.5. The van der Waals surface area contributed by atoms with Crippen molar-refractivity contribution in [2.24, 2.45) is 5.73 Å². The van der Waals surface area contributed by atoms with Crippen LogP contribution in [0.3, 0.4) is 0 Å². The molecule has 0 amide bonds. The van der Waals surface area contributed by atoms with Crippen molar-refractivity contribution in [1.29, 1.82) is 0 Å². The van der Waals surface area contributed by atoms with Crippen LogP contribution < -0.4 is 15.2 Å². The standard InChI is InChI=1S/C13H13ClN2O2/c1-17-10-4-5-13(12(14)6-10)18-11-3-2-9(7-15)16-8-11/h2-6,8H,7,15H2,1H3. The van der Waals surface area contributed by atoms with Gasteiger partial charge in [0.1, 0.15) is 17.2 Å². The normalized spacial score (nSPS) is 10.2. The number of hydrogen-bond acceptors (Lipinski definition) is 4. The first-order chi connectivity index (χ1) is 8.72. The summed E-state index contributed by atoms with van der Waals surface area (Å²) in [5.41, 5.74) is 6.28. The van der Waals surface area contributed by atoms with E-state index in [1.165, 1.54) is 0 Å². The Bertz CT molecular complexity index is 529. The molecule has 1 aromatic carbocycles. The van der Waals surface area contributed by atoms with Gasteiger partial charge in [0.25, 0.3) is 0 Å². The number of rotatable bonds is 4. The zero-order valence-electron chi connectivity index (χ0n) is 9.89. The van der Waals surface area contributed by atoms with E-state index in [9.17, 15) is 0 Å². The molecule has 18 heavy (non-hydrogen) atoms. The van der Waals surface area contributed by atoms with Gasteiger partial charge in [-0.3, -0.25) is 4.98 Å². The number of halogens is 1. The highest BCUT2D eigenvalue weighted by molar-refractivity contribution is 6.32. The molecular formula is C13H13ClN2O2. The molecule has 94 valence electrons. The van der Waals surface area contributed by atoms with Crippen LogP contribution in [0.15, 0.2) is 36.5 Å². The van der Waals surface area contributed by atoms with Crippen LogP contribution in [0.25, 0.3) is 0 Å². The summed E-state index contributed by atoms with van der Waals surface area (Å²) in [6, 6.07) is 8.84. The zero-order valence-corrected chi connectivity index (χ0v) is 10.6. The van der Waals surface area contributed by atoms with E-state index in [1.54, 1.807) is 37.6 Å². The maximum Gasteiger partial charge on any atom is 0.146 e. The van der Waals surface area contributed by atoms with E-state index in [4.69, 9.17) is 26.8 Å². The van der Waals surface area contributed by atoms with Gasteiger partial charge in [-0.25, -0.2) is 0 Å². The first-order valence-electron chi connectivity index (χ1n) is 5.39. The van der Waals surface area contributed by atoms with Crippen molar-refractivity contribution in [2.45, 2.75) is 6.54 Å². The number of pyridine rings is 1. The molecule has 2 N–H and O–H groups in total. The van der Waals surface area contributed by atoms with Crippen molar-refractivity contribution in [3.05, 3.63) is 47.2 Å². The molecule has 0 atom stereocenters. The van der Waals surface area contributed by atoms with Crippen LogP contribution in [0.4, 0.5) is 0 Å². The van der Waals surface area contributed by atoms with Crippen LogP contribution >= 0.6 is 11.6 Å². The lowest BCUT2D eigenvalue weighted by Crippen LogP contribution is -1.98. The quantitative estimate of drug-likeness (QED) is 0.922. The molecule has 4 nitrogen and oxygen atoms in total. The van der Waals surface area contributed by atoms with Crippen LogP contribution in [0, 0.1) is 0 Å². The number of nitrogens with zero attached hydrogens (tertiary/aromatic N) is 1. The van der Waals surface area contributed by atoms with E-state index < -0.39 is 0 Å². The van der Waals surface area contributed by atoms with Gasteiger partial charge in [0, 0.05) is 12.6 Å². The first-order valence-corrected chi connectivity index (χ1v) is 5.77. The van der Waals surface area contributed by atoms with E-state index in [0.29, 0.717) is 28.8 Å². The van der Waals surface area contributed by atoms with Crippen molar-refractivity contribution in [1.82, 2.24) is 4.98 Å². The molecule has 0 unspecified atom stereocenters. The molecular weight excluding hydrogens is 252 g/mol. The maximum atomic E-state index is 6.07. The minimum atomic E-state index is 0.406. The highest BCUT2D eigenvalue weighted by Gasteiger charge is 2.05. The Morgan fingerprint density at radius 1 is 1.22 bits per heavy atom. The molecule has 0 aliphatic rings. The van der Waals surface area contributed by atoms with Crippen molar-refractivity contribution >= 4 is 11.6 Å². The lowest BCUT2D eigenvalue weighted by molar-refractivity contribution is 0.413. The Morgan fingerprint density at radius 2 is 2.00 bits per heavy atom. The summed E-state index contributed by atoms with van der Waals surface area (Å²) in [4.78, 5) is 4.14. The minimum absolute atomic E-state index is 0.406. The Hall–Kier alpha value is -1.78. The van der Waals surface area contributed by atoms with Crippen LogP contribution in [0.2, 0.25) is 5.02 Å². The zero-order chi connectivity index (χ0) is 13.0. The average Bonchev–Trinajstić information content (AvgIpc) is 2.42. The summed E-state index contributed by atoms with van der Waals surface area (Å²) < 4.78 is 10.7. The third-order valence-electron chi connectivity index (χ3n) is 2.37. The lowest BCUT2D eigenvalue weighted by atomic mass is 10.3. The van der Waals surface area contributed by atoms with Gasteiger partial charge >= 0.3 is 0 Å². The Morgan fingerprint density at radius 3 is 2.56 bits per heavy atom. The van der Waals surface area contributed by atoms with Crippen molar-refractivity contribution in [2.75, 3.05) is 7.11 Å². The molecule has 0 saturated carbocycles. The van der Waals surface area contributed by atoms with Gasteiger partial charge < -0.3 is 15.2 Å². The van der Waals surface area contributed by atoms with E-state index in [0.717, 1.165) is 5.69 Å². The third-order valence-corrected chi connectivity index (χ3v) is 2.67. The molecule has 0 saturated heterocycles. The summed E-state index contributed by atoms with van der Waals surface area (Å²) in [6.45, 7) is 0.406. The third kappa shape index (κ3) is 2.91. The Balaban J connectivity index is 2.17. The SMILES string of the molecule is COc1ccc(Oc2ccc(CN)nc2)c(Cl)c1. The second kappa shape index (κ2) is 5.71. The van der Waals surface area contributed by atoms with E-state index in [-0.39, 0.29) is 0 Å². The average molecular weight is 265 g/mol. The molecule has 0 bridgehead atoms. The van der Waals surface area contributed by atoms with Gasteiger partial charge in [-0.1, -0.05) is 11.6 Å². The molecule has 1 aromatic heterocycles. The smallest absolute Gasteiger partial charge is 0.146 e. The van der Waals surface area contributed by atoms with Gasteiger partial charge in [-0.15, -0.1) is 0 Å². The minimum Gasteiger partial charge on any atom is -0.497 e. The van der Waals surface area contributed by atoms with Crippen molar-refractivity contribution < 1.29 is 9.47 Å². The van der Waals surface area contributed by atoms with Crippen LogP contribution in [0.1, 0.15) is 5.69 Å². The van der Waals surface area contributed by atoms with Crippen LogP contribution in [-0.4, -0.2) is 12.1 Å². The molecule has 2 rings (SSSR count). The summed E-state index contributed by atoms with van der Waals surface area (Å²) in [5, 5.41) is 0.484. The summed E-state index contributed by atoms with van der Waals surface area (Å²) >= 11 is 6.07. The second-order valence-electron chi connectivity index (χ2n) is 3.59. The van der Waals surface area contributed by atoms with E-state index in [1.807, 2.05) is 6.07 Å². The van der Waals surface area contributed by atoms with Crippen LogP contribution in [-0.2, 0) is 6.54 Å². The highest BCUT2D eigenvalue weighted by Crippen LogP contribution is 2.32. The van der Waals surface area contributed by atoms with Crippen LogP contribution in [0.5, 0.6) is 17.2 Å². The summed E-state index contributed by atoms with van der Waals surface area (Å²) in [7, 11) is 1.58. The summed E-state index contributed by atoms with van der Waals surface area (Å²) in [5.74, 6) is 1.85. The fourth-order valence-electron chi connectivity index (χ4n) is 1.41. The number of aromatic nitrogens is 1. The number of benzene rings is 1. The predicted octanol–water partition coefficient (Wildman–Crippen LogP) is 2.99. The molecule has 0 aliphatic heterocycles. The fraction of sp³-hybridized carbons (Fsp3) is 0.154. The molecule has 0 spiro atoms. The fourth-order valence-corrected chi connectivity index (χ4v) is 1.62. The molecule has 0 radical (unpaired) electrons. The lowest BCUT2D eigenvalue weighted by Gasteiger charge is -2.08. The summed E-state index contributed by atoms with van der Waals surface area (Å²) in [6.07, 6.45) is 1.61. The largest absolute Gasteiger partial charge is 0.497 e. The predicted molar refractivity (Wildman–Crippen MR) is 70.2 cm³/mol. The van der Waals surface area contributed by atoms with Crippen molar-refractivity contribution in [3.8, 4) is 17.2 Å². The van der Waals surface area contributed by atoms with Gasteiger partial charge in [-0.2, -0.15) is 0 Å². The molecule has 1 heterocycles.